The predicted octanol–water partition coefficient (Wildman–Crippen LogP) is 0.916. The summed E-state index contributed by atoms with van der Waals surface area (Å²) >= 11 is 0. The summed E-state index contributed by atoms with van der Waals surface area (Å²) in [5, 5.41) is 7.89. The SMILES string of the molecule is C#CCN1CCC(NCc2cnn(C)c2C)CC1. The maximum absolute atomic E-state index is 5.33. The Kier molecular flexibility index (Phi) is 4.40. The second-order valence-electron chi connectivity index (χ2n) is 5.01. The van der Waals surface area contributed by atoms with Gasteiger partial charge in [0.15, 0.2) is 0 Å². The van der Waals surface area contributed by atoms with Crippen LogP contribution >= 0.6 is 0 Å². The van der Waals surface area contributed by atoms with Gasteiger partial charge in [0.2, 0.25) is 0 Å². The minimum Gasteiger partial charge on any atom is -0.310 e. The predicted molar refractivity (Wildman–Crippen MR) is 73.1 cm³/mol. The van der Waals surface area contributed by atoms with E-state index in [0.717, 1.165) is 26.2 Å². The third-order valence-corrected chi connectivity index (χ3v) is 3.82. The van der Waals surface area contributed by atoms with Gasteiger partial charge in [0.25, 0.3) is 0 Å². The highest BCUT2D eigenvalue weighted by atomic mass is 15.3. The number of nitrogens with zero attached hydrogens (tertiary/aromatic N) is 3. The second kappa shape index (κ2) is 6.03. The topological polar surface area (TPSA) is 33.1 Å². The molecule has 1 aromatic rings. The van der Waals surface area contributed by atoms with Gasteiger partial charge in [-0.05, 0) is 19.8 Å². The molecule has 4 nitrogen and oxygen atoms in total. The van der Waals surface area contributed by atoms with Crippen molar-refractivity contribution < 1.29 is 0 Å². The molecular formula is C14H22N4. The molecule has 4 heteroatoms. The van der Waals surface area contributed by atoms with E-state index < -0.39 is 0 Å². The van der Waals surface area contributed by atoms with Gasteiger partial charge >= 0.3 is 0 Å². The zero-order valence-corrected chi connectivity index (χ0v) is 11.3. The van der Waals surface area contributed by atoms with Gasteiger partial charge in [-0.25, -0.2) is 0 Å². The Morgan fingerprint density at radius 3 is 2.78 bits per heavy atom. The number of hydrogen-bond acceptors (Lipinski definition) is 3. The average Bonchev–Trinajstić information content (AvgIpc) is 2.70. The summed E-state index contributed by atoms with van der Waals surface area (Å²) in [6, 6.07) is 0.610. The van der Waals surface area contributed by atoms with E-state index in [-0.39, 0.29) is 0 Å². The summed E-state index contributed by atoms with van der Waals surface area (Å²) in [5.41, 5.74) is 2.54. The van der Waals surface area contributed by atoms with E-state index in [1.807, 2.05) is 17.9 Å². The zero-order chi connectivity index (χ0) is 13.0. The Bertz CT molecular complexity index is 421. The first-order valence-electron chi connectivity index (χ1n) is 6.57. The fourth-order valence-electron chi connectivity index (χ4n) is 2.40. The quantitative estimate of drug-likeness (QED) is 0.802. The number of terminal acetylenes is 1. The van der Waals surface area contributed by atoms with E-state index in [1.165, 1.54) is 24.1 Å². The molecule has 0 unspecified atom stereocenters. The molecule has 1 fully saturated rings. The molecule has 0 aliphatic carbocycles. The summed E-state index contributed by atoms with van der Waals surface area (Å²) in [7, 11) is 1.98. The first-order valence-corrected chi connectivity index (χ1v) is 6.57. The van der Waals surface area contributed by atoms with Gasteiger partial charge in [-0.3, -0.25) is 9.58 Å². The molecule has 2 rings (SSSR count). The Morgan fingerprint density at radius 1 is 1.50 bits per heavy atom. The summed E-state index contributed by atoms with van der Waals surface area (Å²) in [4.78, 5) is 2.34. The second-order valence-corrected chi connectivity index (χ2v) is 5.01. The average molecular weight is 246 g/mol. The van der Waals surface area contributed by atoms with Crippen LogP contribution in [0.5, 0.6) is 0 Å². The smallest absolute Gasteiger partial charge is 0.0598 e. The molecule has 1 saturated heterocycles. The van der Waals surface area contributed by atoms with Gasteiger partial charge < -0.3 is 5.32 Å². The summed E-state index contributed by atoms with van der Waals surface area (Å²) in [6.45, 7) is 6.02. The number of nitrogens with one attached hydrogen (secondary N) is 1. The van der Waals surface area contributed by atoms with Gasteiger partial charge in [-0.1, -0.05) is 5.92 Å². The maximum atomic E-state index is 5.33. The standard InChI is InChI=1S/C14H22N4/c1-4-7-18-8-5-14(6-9-18)15-10-13-11-16-17(3)12(13)2/h1,11,14-15H,5-10H2,2-3H3. The van der Waals surface area contributed by atoms with Crippen LogP contribution in [0.1, 0.15) is 24.1 Å². The third kappa shape index (κ3) is 3.12. The minimum absolute atomic E-state index is 0.610. The normalized spacial score (nSPS) is 17.8. The van der Waals surface area contributed by atoms with Crippen molar-refractivity contribution in [2.45, 2.75) is 32.4 Å². The molecule has 1 aliphatic heterocycles. The van der Waals surface area contributed by atoms with Crippen molar-refractivity contribution >= 4 is 0 Å². The van der Waals surface area contributed by atoms with Crippen LogP contribution in [-0.2, 0) is 13.6 Å². The van der Waals surface area contributed by atoms with Crippen LogP contribution in [0.15, 0.2) is 6.20 Å². The van der Waals surface area contributed by atoms with Crippen molar-refractivity contribution in [2.75, 3.05) is 19.6 Å². The minimum atomic E-state index is 0.610. The number of hydrogen-bond donors (Lipinski definition) is 1. The molecule has 1 N–H and O–H groups in total. The van der Waals surface area contributed by atoms with Crippen molar-refractivity contribution in [2.24, 2.45) is 7.05 Å². The lowest BCUT2D eigenvalue weighted by molar-refractivity contribution is 0.217. The summed E-state index contributed by atoms with van der Waals surface area (Å²) in [6.07, 6.45) is 9.65. The molecule has 98 valence electrons. The van der Waals surface area contributed by atoms with Crippen LogP contribution in [0.4, 0.5) is 0 Å². The van der Waals surface area contributed by atoms with E-state index in [1.54, 1.807) is 0 Å². The van der Waals surface area contributed by atoms with Crippen molar-refractivity contribution in [1.29, 1.82) is 0 Å². The third-order valence-electron chi connectivity index (χ3n) is 3.82. The van der Waals surface area contributed by atoms with Gasteiger partial charge in [-0.15, -0.1) is 6.42 Å². The summed E-state index contributed by atoms with van der Waals surface area (Å²) in [5.74, 6) is 2.71. The van der Waals surface area contributed by atoms with Gasteiger partial charge in [-0.2, -0.15) is 5.10 Å². The molecule has 1 aliphatic rings. The molecule has 0 saturated carbocycles. The van der Waals surface area contributed by atoms with Crippen LogP contribution in [0, 0.1) is 19.3 Å². The van der Waals surface area contributed by atoms with Crippen molar-refractivity contribution in [1.82, 2.24) is 20.0 Å². The number of rotatable bonds is 4. The highest BCUT2D eigenvalue weighted by Crippen LogP contribution is 2.11. The fraction of sp³-hybridized carbons (Fsp3) is 0.643. The molecule has 18 heavy (non-hydrogen) atoms. The molecule has 0 aromatic carbocycles. The van der Waals surface area contributed by atoms with Crippen LogP contribution in [-0.4, -0.2) is 40.4 Å². The zero-order valence-electron chi connectivity index (χ0n) is 11.3. The number of aromatic nitrogens is 2. The van der Waals surface area contributed by atoms with Crippen molar-refractivity contribution in [3.05, 3.63) is 17.5 Å². The van der Waals surface area contributed by atoms with Crippen molar-refractivity contribution in [3.8, 4) is 12.3 Å². The van der Waals surface area contributed by atoms with Crippen LogP contribution in [0.25, 0.3) is 0 Å². The van der Waals surface area contributed by atoms with E-state index in [2.05, 4.69) is 28.2 Å². The Balaban J connectivity index is 1.76. The van der Waals surface area contributed by atoms with Gasteiger partial charge in [0, 0.05) is 44.0 Å². The van der Waals surface area contributed by atoms with Crippen LogP contribution in [0.3, 0.4) is 0 Å². The molecule has 0 spiro atoms. The van der Waals surface area contributed by atoms with Crippen molar-refractivity contribution in [3.63, 3.8) is 0 Å². The van der Waals surface area contributed by atoms with Crippen LogP contribution < -0.4 is 5.32 Å². The lowest BCUT2D eigenvalue weighted by Crippen LogP contribution is -2.42. The molecule has 1 aromatic heterocycles. The Morgan fingerprint density at radius 2 is 2.22 bits per heavy atom. The largest absolute Gasteiger partial charge is 0.310 e. The number of piperidine rings is 1. The first-order chi connectivity index (χ1) is 8.70. The van der Waals surface area contributed by atoms with E-state index in [4.69, 9.17) is 6.42 Å². The molecule has 0 amide bonds. The fourth-order valence-corrected chi connectivity index (χ4v) is 2.40. The molecule has 2 heterocycles. The lowest BCUT2D eigenvalue weighted by atomic mass is 10.0. The molecule has 0 atom stereocenters. The monoisotopic (exact) mass is 246 g/mol. The molecule has 0 radical (unpaired) electrons. The van der Waals surface area contributed by atoms with Gasteiger partial charge in [0.05, 0.1) is 12.7 Å². The van der Waals surface area contributed by atoms with E-state index >= 15 is 0 Å². The van der Waals surface area contributed by atoms with Crippen LogP contribution in [0.2, 0.25) is 0 Å². The maximum Gasteiger partial charge on any atom is 0.0598 e. The number of likely N-dealkylation sites (tertiary alicyclic amines) is 1. The Hall–Kier alpha value is -1.31. The molecular weight excluding hydrogens is 224 g/mol. The van der Waals surface area contributed by atoms with Gasteiger partial charge in [0.1, 0.15) is 0 Å². The highest BCUT2D eigenvalue weighted by molar-refractivity contribution is 5.15. The number of aryl methyl sites for hydroxylation is 1. The first kappa shape index (κ1) is 13.1. The van der Waals surface area contributed by atoms with E-state index in [9.17, 15) is 0 Å². The molecule has 0 bridgehead atoms. The lowest BCUT2D eigenvalue weighted by Gasteiger charge is -2.31. The van der Waals surface area contributed by atoms with E-state index in [0.29, 0.717) is 6.04 Å². The highest BCUT2D eigenvalue weighted by Gasteiger charge is 2.18. The Labute approximate surface area is 109 Å². The summed E-state index contributed by atoms with van der Waals surface area (Å²) < 4.78 is 1.92.